The predicted octanol–water partition coefficient (Wildman–Crippen LogP) is 2.90. The molecule has 0 unspecified atom stereocenters. The summed E-state index contributed by atoms with van der Waals surface area (Å²) in [6, 6.07) is 5.39. The van der Waals surface area contributed by atoms with E-state index in [0.29, 0.717) is 11.8 Å². The van der Waals surface area contributed by atoms with Crippen LogP contribution in [-0.4, -0.2) is 16.3 Å². The molecule has 0 saturated carbocycles. The van der Waals surface area contributed by atoms with E-state index in [4.69, 9.17) is 5.11 Å². The van der Waals surface area contributed by atoms with Gasteiger partial charge in [0, 0.05) is 24.2 Å². The van der Waals surface area contributed by atoms with Crippen molar-refractivity contribution in [3.05, 3.63) is 35.8 Å². The van der Waals surface area contributed by atoms with Crippen LogP contribution in [0.25, 0.3) is 10.9 Å². The minimum absolute atomic E-state index is 0.0472. The van der Waals surface area contributed by atoms with Crippen molar-refractivity contribution in [3.8, 4) is 0 Å². The van der Waals surface area contributed by atoms with Gasteiger partial charge in [-0.25, -0.2) is 4.39 Å². The molecule has 0 aliphatic heterocycles. The minimum Gasteiger partial charge on any atom is -0.396 e. The lowest BCUT2D eigenvalue weighted by Gasteiger charge is -2.08. The molecule has 2 aromatic rings. The van der Waals surface area contributed by atoms with E-state index in [1.807, 2.05) is 16.8 Å². The lowest BCUT2D eigenvalue weighted by atomic mass is 10.1. The molecule has 1 heterocycles. The van der Waals surface area contributed by atoms with Crippen molar-refractivity contribution in [3.63, 3.8) is 0 Å². The van der Waals surface area contributed by atoms with E-state index in [9.17, 15) is 4.39 Å². The van der Waals surface area contributed by atoms with Gasteiger partial charge >= 0.3 is 0 Å². The summed E-state index contributed by atoms with van der Waals surface area (Å²) in [6.07, 6.45) is 2.44. The lowest BCUT2D eigenvalue weighted by Crippen LogP contribution is -1.98. The van der Waals surface area contributed by atoms with Crippen LogP contribution >= 0.6 is 0 Å². The molecule has 0 radical (unpaired) electrons. The molecular formula is C13H16FNO. The quantitative estimate of drug-likeness (QED) is 0.847. The molecule has 0 fully saturated rings. The van der Waals surface area contributed by atoms with Crippen molar-refractivity contribution in [2.45, 2.75) is 26.3 Å². The van der Waals surface area contributed by atoms with Crippen LogP contribution in [0.15, 0.2) is 24.4 Å². The number of fused-ring (bicyclic) bond motifs is 1. The Morgan fingerprint density at radius 3 is 2.75 bits per heavy atom. The van der Waals surface area contributed by atoms with Gasteiger partial charge in [-0.1, -0.05) is 6.07 Å². The Morgan fingerprint density at radius 2 is 2.12 bits per heavy atom. The summed E-state index contributed by atoms with van der Waals surface area (Å²) in [7, 11) is 0. The van der Waals surface area contributed by atoms with Gasteiger partial charge in [0.15, 0.2) is 0 Å². The van der Waals surface area contributed by atoms with E-state index in [2.05, 4.69) is 13.8 Å². The Labute approximate surface area is 94.3 Å². The lowest BCUT2D eigenvalue weighted by molar-refractivity contribution is 0.300. The molecule has 1 aromatic heterocycles. The minimum atomic E-state index is -0.208. The number of aliphatic hydroxyl groups is 1. The van der Waals surface area contributed by atoms with E-state index in [-0.39, 0.29) is 18.5 Å². The summed E-state index contributed by atoms with van der Waals surface area (Å²) in [5.74, 6) is -0.208. The van der Waals surface area contributed by atoms with Crippen molar-refractivity contribution >= 4 is 10.9 Å². The van der Waals surface area contributed by atoms with Crippen molar-refractivity contribution in [2.24, 2.45) is 0 Å². The molecule has 86 valence electrons. The van der Waals surface area contributed by atoms with Crippen LogP contribution in [0.3, 0.4) is 0 Å². The summed E-state index contributed by atoms with van der Waals surface area (Å²) in [5, 5.41) is 9.63. The first-order chi connectivity index (χ1) is 7.65. The highest BCUT2D eigenvalue weighted by Crippen LogP contribution is 2.27. The van der Waals surface area contributed by atoms with E-state index in [1.165, 1.54) is 6.07 Å². The highest BCUT2D eigenvalue weighted by Gasteiger charge is 2.13. The highest BCUT2D eigenvalue weighted by atomic mass is 19.1. The van der Waals surface area contributed by atoms with Crippen LogP contribution in [0.1, 0.15) is 25.5 Å². The largest absolute Gasteiger partial charge is 0.396 e. The van der Waals surface area contributed by atoms with Crippen LogP contribution in [0, 0.1) is 5.82 Å². The molecule has 0 bridgehead atoms. The Kier molecular flexibility index (Phi) is 2.97. The van der Waals surface area contributed by atoms with Gasteiger partial charge in [-0.15, -0.1) is 0 Å². The van der Waals surface area contributed by atoms with E-state index >= 15 is 0 Å². The standard InChI is InChI=1S/C13H16FNO/c1-9(2)15-8-10(6-7-16)13-11(14)4-3-5-12(13)15/h3-5,8-9,16H,6-7H2,1-2H3. The number of benzene rings is 1. The van der Waals surface area contributed by atoms with Crippen LogP contribution < -0.4 is 0 Å². The van der Waals surface area contributed by atoms with Gasteiger partial charge in [0.1, 0.15) is 5.82 Å². The molecule has 0 aliphatic rings. The molecule has 0 saturated heterocycles. The smallest absolute Gasteiger partial charge is 0.132 e. The van der Waals surface area contributed by atoms with Crippen molar-refractivity contribution in [1.82, 2.24) is 4.57 Å². The molecule has 2 rings (SSSR count). The summed E-state index contributed by atoms with van der Waals surface area (Å²) in [5.41, 5.74) is 1.78. The van der Waals surface area contributed by atoms with Gasteiger partial charge in [-0.05, 0) is 38.0 Å². The maximum Gasteiger partial charge on any atom is 0.132 e. The van der Waals surface area contributed by atoms with Gasteiger partial charge in [-0.2, -0.15) is 0 Å². The summed E-state index contributed by atoms with van der Waals surface area (Å²) in [6.45, 7) is 4.17. The maximum absolute atomic E-state index is 13.8. The van der Waals surface area contributed by atoms with Gasteiger partial charge < -0.3 is 9.67 Å². The predicted molar refractivity (Wildman–Crippen MR) is 63.1 cm³/mol. The molecule has 1 N–H and O–H groups in total. The molecule has 3 heteroatoms. The molecule has 0 aliphatic carbocycles. The average Bonchev–Trinajstić information content (AvgIpc) is 2.59. The first kappa shape index (κ1) is 11.1. The molecular weight excluding hydrogens is 205 g/mol. The Balaban J connectivity index is 2.71. The summed E-state index contributed by atoms with van der Waals surface area (Å²) >= 11 is 0. The van der Waals surface area contributed by atoms with Crippen LogP contribution in [0.2, 0.25) is 0 Å². The SMILES string of the molecule is CC(C)n1cc(CCO)c2c(F)cccc21. The molecule has 0 amide bonds. The van der Waals surface area contributed by atoms with Gasteiger partial charge in [-0.3, -0.25) is 0 Å². The summed E-state index contributed by atoms with van der Waals surface area (Å²) < 4.78 is 15.8. The monoisotopic (exact) mass is 221 g/mol. The van der Waals surface area contributed by atoms with Crippen molar-refractivity contribution in [2.75, 3.05) is 6.61 Å². The van der Waals surface area contributed by atoms with Gasteiger partial charge in [0.25, 0.3) is 0 Å². The fourth-order valence-electron chi connectivity index (χ4n) is 2.09. The second-order valence-electron chi connectivity index (χ2n) is 4.26. The Bertz CT molecular complexity index is 502. The number of aromatic nitrogens is 1. The van der Waals surface area contributed by atoms with Crippen molar-refractivity contribution < 1.29 is 9.50 Å². The number of rotatable bonds is 3. The maximum atomic E-state index is 13.8. The second kappa shape index (κ2) is 4.26. The summed E-state index contributed by atoms with van der Waals surface area (Å²) in [4.78, 5) is 0. The van der Waals surface area contributed by atoms with Crippen molar-refractivity contribution in [1.29, 1.82) is 0 Å². The topological polar surface area (TPSA) is 25.2 Å². The zero-order valence-electron chi connectivity index (χ0n) is 9.57. The van der Waals surface area contributed by atoms with Crippen LogP contribution in [-0.2, 0) is 6.42 Å². The highest BCUT2D eigenvalue weighted by molar-refractivity contribution is 5.84. The fraction of sp³-hybridized carbons (Fsp3) is 0.385. The molecule has 1 aromatic carbocycles. The average molecular weight is 221 g/mol. The van der Waals surface area contributed by atoms with E-state index in [1.54, 1.807) is 6.07 Å². The van der Waals surface area contributed by atoms with Crippen LogP contribution in [0.5, 0.6) is 0 Å². The molecule has 0 atom stereocenters. The number of nitrogens with zero attached hydrogens (tertiary/aromatic N) is 1. The number of aliphatic hydroxyl groups excluding tert-OH is 1. The third-order valence-electron chi connectivity index (χ3n) is 2.82. The van der Waals surface area contributed by atoms with Gasteiger partial charge in [0.05, 0.1) is 5.52 Å². The van der Waals surface area contributed by atoms with E-state index in [0.717, 1.165) is 11.1 Å². The number of hydrogen-bond donors (Lipinski definition) is 1. The van der Waals surface area contributed by atoms with E-state index < -0.39 is 0 Å². The van der Waals surface area contributed by atoms with Crippen LogP contribution in [0.4, 0.5) is 4.39 Å². The molecule has 2 nitrogen and oxygen atoms in total. The number of halogens is 1. The third-order valence-corrected chi connectivity index (χ3v) is 2.82. The Morgan fingerprint density at radius 1 is 1.38 bits per heavy atom. The Hall–Kier alpha value is -1.35. The fourth-order valence-corrected chi connectivity index (χ4v) is 2.09. The normalized spacial score (nSPS) is 11.6. The first-order valence-electron chi connectivity index (χ1n) is 5.54. The zero-order valence-corrected chi connectivity index (χ0v) is 9.57. The third kappa shape index (κ3) is 1.71. The number of hydrogen-bond acceptors (Lipinski definition) is 1. The molecule has 0 spiro atoms. The molecule has 16 heavy (non-hydrogen) atoms. The first-order valence-corrected chi connectivity index (χ1v) is 5.54. The zero-order chi connectivity index (χ0) is 11.7. The van der Waals surface area contributed by atoms with Gasteiger partial charge in [0.2, 0.25) is 0 Å². The second-order valence-corrected chi connectivity index (χ2v) is 4.26.